The first-order valence-corrected chi connectivity index (χ1v) is 6.91. The molecule has 0 bridgehead atoms. The molecule has 0 aliphatic carbocycles. The summed E-state index contributed by atoms with van der Waals surface area (Å²) in [5, 5.41) is 2.66. The minimum Gasteiger partial charge on any atom is -0.462 e. The van der Waals surface area contributed by atoms with E-state index in [-0.39, 0.29) is 23.9 Å². The quantitative estimate of drug-likeness (QED) is 0.877. The molecule has 0 aliphatic rings. The molecule has 0 fully saturated rings. The summed E-state index contributed by atoms with van der Waals surface area (Å²) in [4.78, 5) is 32.6. The van der Waals surface area contributed by atoms with Crippen LogP contribution in [0.5, 0.6) is 0 Å². The van der Waals surface area contributed by atoms with Gasteiger partial charge in [-0.05, 0) is 32.9 Å². The summed E-state index contributed by atoms with van der Waals surface area (Å²) >= 11 is 0. The van der Waals surface area contributed by atoms with Crippen molar-refractivity contribution < 1.29 is 14.3 Å². The van der Waals surface area contributed by atoms with Crippen LogP contribution < -0.4 is 5.32 Å². The van der Waals surface area contributed by atoms with Crippen LogP contribution in [-0.2, 0) is 4.74 Å². The van der Waals surface area contributed by atoms with Crippen molar-refractivity contribution in [1.29, 1.82) is 0 Å². The maximum absolute atomic E-state index is 12.2. The molecule has 22 heavy (non-hydrogen) atoms. The predicted octanol–water partition coefficient (Wildman–Crippen LogP) is 2.52. The largest absolute Gasteiger partial charge is 0.462 e. The Kier molecular flexibility index (Phi) is 4.83. The number of hydrogen-bond donors (Lipinski definition) is 1. The van der Waals surface area contributed by atoms with Gasteiger partial charge in [-0.3, -0.25) is 4.79 Å². The third kappa shape index (κ3) is 3.46. The van der Waals surface area contributed by atoms with Gasteiger partial charge >= 0.3 is 5.97 Å². The monoisotopic (exact) mass is 299 g/mol. The highest BCUT2D eigenvalue weighted by molar-refractivity contribution is 6.07. The number of nitrogens with one attached hydrogen (secondary N) is 1. The zero-order valence-corrected chi connectivity index (χ0v) is 12.7. The molecule has 0 saturated heterocycles. The second kappa shape index (κ2) is 6.80. The van der Waals surface area contributed by atoms with Crippen LogP contribution in [0.4, 0.5) is 5.82 Å². The van der Waals surface area contributed by atoms with Crippen LogP contribution in [0.25, 0.3) is 0 Å². The third-order valence-electron chi connectivity index (χ3n) is 2.95. The summed E-state index contributed by atoms with van der Waals surface area (Å²) in [7, 11) is 0. The van der Waals surface area contributed by atoms with Gasteiger partial charge in [0.25, 0.3) is 5.91 Å². The highest BCUT2D eigenvalue weighted by Gasteiger charge is 2.21. The second-order valence-corrected chi connectivity index (χ2v) is 4.62. The molecule has 2 aromatic rings. The first-order valence-electron chi connectivity index (χ1n) is 6.91. The second-order valence-electron chi connectivity index (χ2n) is 4.62. The van der Waals surface area contributed by atoms with Crippen LogP contribution in [-0.4, -0.2) is 28.5 Å². The summed E-state index contributed by atoms with van der Waals surface area (Å²) < 4.78 is 5.01. The van der Waals surface area contributed by atoms with Gasteiger partial charge in [0.2, 0.25) is 0 Å². The van der Waals surface area contributed by atoms with E-state index in [2.05, 4.69) is 15.3 Å². The molecule has 6 nitrogen and oxygen atoms in total. The average Bonchev–Trinajstić information content (AvgIpc) is 2.47. The first-order chi connectivity index (χ1) is 10.5. The van der Waals surface area contributed by atoms with Crippen LogP contribution in [0.15, 0.2) is 30.3 Å². The molecule has 0 saturated carbocycles. The standard InChI is InChI=1S/C16H17N3O3/c1-4-22-16(21)13-10(2)17-11(3)18-14(13)19-15(20)12-8-6-5-7-9-12/h5-9H,4H2,1-3H3,(H,17,18,19,20). The molecule has 0 unspecified atom stereocenters. The topological polar surface area (TPSA) is 81.2 Å². The molecule has 0 spiro atoms. The van der Waals surface area contributed by atoms with E-state index in [9.17, 15) is 9.59 Å². The molecule has 1 heterocycles. The summed E-state index contributed by atoms with van der Waals surface area (Å²) in [6.07, 6.45) is 0. The molecule has 1 N–H and O–H groups in total. The number of carbonyl (C=O) groups excluding carboxylic acids is 2. The number of benzene rings is 1. The number of ether oxygens (including phenoxy) is 1. The van der Waals surface area contributed by atoms with E-state index in [1.807, 2.05) is 6.07 Å². The van der Waals surface area contributed by atoms with E-state index in [1.54, 1.807) is 45.0 Å². The average molecular weight is 299 g/mol. The molecule has 2 rings (SSSR count). The van der Waals surface area contributed by atoms with E-state index in [1.165, 1.54) is 0 Å². The maximum Gasteiger partial charge on any atom is 0.343 e. The summed E-state index contributed by atoms with van der Waals surface area (Å²) in [6.45, 7) is 5.32. The van der Waals surface area contributed by atoms with E-state index in [4.69, 9.17) is 4.74 Å². The Bertz CT molecular complexity index is 699. The smallest absolute Gasteiger partial charge is 0.343 e. The summed E-state index contributed by atoms with van der Waals surface area (Å²) in [5.41, 5.74) is 1.12. The number of aromatic nitrogens is 2. The number of hydrogen-bond acceptors (Lipinski definition) is 5. The van der Waals surface area contributed by atoms with Gasteiger partial charge in [-0.1, -0.05) is 18.2 Å². The summed E-state index contributed by atoms with van der Waals surface area (Å²) in [5.74, 6) is -0.266. The zero-order chi connectivity index (χ0) is 16.1. The Morgan fingerprint density at radius 1 is 1.14 bits per heavy atom. The van der Waals surface area contributed by atoms with Gasteiger partial charge in [-0.2, -0.15) is 0 Å². The lowest BCUT2D eigenvalue weighted by Crippen LogP contribution is -2.19. The van der Waals surface area contributed by atoms with Gasteiger partial charge in [-0.15, -0.1) is 0 Å². The Morgan fingerprint density at radius 2 is 1.82 bits per heavy atom. The zero-order valence-electron chi connectivity index (χ0n) is 12.7. The number of rotatable bonds is 4. The van der Waals surface area contributed by atoms with Crippen molar-refractivity contribution in [2.24, 2.45) is 0 Å². The van der Waals surface area contributed by atoms with Crippen molar-refractivity contribution >= 4 is 17.7 Å². The van der Waals surface area contributed by atoms with Crippen molar-refractivity contribution in [1.82, 2.24) is 9.97 Å². The van der Waals surface area contributed by atoms with Crippen molar-refractivity contribution in [3.8, 4) is 0 Å². The first kappa shape index (κ1) is 15.6. The molecular weight excluding hydrogens is 282 g/mol. The van der Waals surface area contributed by atoms with Gasteiger partial charge in [0.05, 0.1) is 12.3 Å². The fourth-order valence-electron chi connectivity index (χ4n) is 2.02. The molecule has 0 aliphatic heterocycles. The Labute approximate surface area is 128 Å². The SMILES string of the molecule is CCOC(=O)c1c(C)nc(C)nc1NC(=O)c1ccccc1. The van der Waals surface area contributed by atoms with Crippen LogP contribution in [0, 0.1) is 13.8 Å². The van der Waals surface area contributed by atoms with Crippen molar-refractivity contribution in [2.75, 3.05) is 11.9 Å². The highest BCUT2D eigenvalue weighted by atomic mass is 16.5. The number of nitrogens with zero attached hydrogens (tertiary/aromatic N) is 2. The number of anilines is 1. The van der Waals surface area contributed by atoms with Crippen LogP contribution in [0.3, 0.4) is 0 Å². The van der Waals surface area contributed by atoms with Gasteiger partial charge in [0.1, 0.15) is 11.4 Å². The Hall–Kier alpha value is -2.76. The predicted molar refractivity (Wildman–Crippen MR) is 81.9 cm³/mol. The molecule has 1 amide bonds. The molecule has 1 aromatic carbocycles. The number of esters is 1. The van der Waals surface area contributed by atoms with Gasteiger partial charge in [0.15, 0.2) is 5.82 Å². The fraction of sp³-hybridized carbons (Fsp3) is 0.250. The van der Waals surface area contributed by atoms with Crippen molar-refractivity contribution in [3.05, 3.63) is 53.0 Å². The maximum atomic E-state index is 12.2. The summed E-state index contributed by atoms with van der Waals surface area (Å²) in [6, 6.07) is 8.70. The number of carbonyl (C=O) groups is 2. The van der Waals surface area contributed by atoms with Crippen LogP contribution in [0.2, 0.25) is 0 Å². The van der Waals surface area contributed by atoms with Crippen LogP contribution in [0.1, 0.15) is 39.2 Å². The number of aryl methyl sites for hydroxylation is 2. The molecule has 0 radical (unpaired) electrons. The van der Waals surface area contributed by atoms with Crippen molar-refractivity contribution in [3.63, 3.8) is 0 Å². The van der Waals surface area contributed by atoms with E-state index in [0.29, 0.717) is 17.1 Å². The lowest BCUT2D eigenvalue weighted by molar-refractivity contribution is 0.0525. The van der Waals surface area contributed by atoms with Gasteiger partial charge in [0, 0.05) is 5.56 Å². The fourth-order valence-corrected chi connectivity index (χ4v) is 2.02. The Morgan fingerprint density at radius 3 is 2.45 bits per heavy atom. The lowest BCUT2D eigenvalue weighted by Gasteiger charge is -2.12. The third-order valence-corrected chi connectivity index (χ3v) is 2.95. The lowest BCUT2D eigenvalue weighted by atomic mass is 10.2. The minimum absolute atomic E-state index is 0.164. The Balaban J connectivity index is 2.37. The number of amides is 1. The van der Waals surface area contributed by atoms with Gasteiger partial charge < -0.3 is 10.1 Å². The van der Waals surface area contributed by atoms with E-state index >= 15 is 0 Å². The molecule has 114 valence electrons. The van der Waals surface area contributed by atoms with Crippen LogP contribution >= 0.6 is 0 Å². The highest BCUT2D eigenvalue weighted by Crippen LogP contribution is 2.18. The van der Waals surface area contributed by atoms with E-state index < -0.39 is 5.97 Å². The van der Waals surface area contributed by atoms with E-state index in [0.717, 1.165) is 0 Å². The molecule has 1 aromatic heterocycles. The van der Waals surface area contributed by atoms with Gasteiger partial charge in [-0.25, -0.2) is 14.8 Å². The molecule has 0 atom stereocenters. The minimum atomic E-state index is -0.552. The normalized spacial score (nSPS) is 10.1. The molecular formula is C16H17N3O3. The molecule has 6 heteroatoms. The van der Waals surface area contributed by atoms with Crippen molar-refractivity contribution in [2.45, 2.75) is 20.8 Å².